The highest BCUT2D eigenvalue weighted by Crippen LogP contribution is 2.28. The Morgan fingerprint density at radius 3 is 2.37 bits per heavy atom. The summed E-state index contributed by atoms with van der Waals surface area (Å²) in [7, 11) is 0. The summed E-state index contributed by atoms with van der Waals surface area (Å²) in [4.78, 5) is 0.589. The Bertz CT molecular complexity index is 398. The number of ether oxygens (including phenoxy) is 1. The maximum Gasteiger partial charge on any atom is 0.119 e. The van der Waals surface area contributed by atoms with Gasteiger partial charge in [-0.3, -0.25) is 0 Å². The molecule has 0 saturated heterocycles. The molecule has 0 saturated carbocycles. The number of rotatable bonds is 8. The lowest BCUT2D eigenvalue weighted by atomic mass is 9.82. The number of hydrogen-bond donors (Lipinski definition) is 1. The molecule has 0 aliphatic carbocycles. The zero-order chi connectivity index (χ0) is 14.3. The van der Waals surface area contributed by atoms with Crippen LogP contribution in [-0.2, 0) is 5.41 Å². The number of nitrogens with two attached hydrogens (primary N) is 1. The third-order valence-corrected chi connectivity index (χ3v) is 3.81. The fourth-order valence-electron chi connectivity index (χ4n) is 1.80. The van der Waals surface area contributed by atoms with E-state index in [9.17, 15) is 0 Å². The van der Waals surface area contributed by atoms with Crippen molar-refractivity contribution in [2.45, 2.75) is 51.9 Å². The molecular weight excluding hydrogens is 254 g/mol. The van der Waals surface area contributed by atoms with Gasteiger partial charge in [-0.2, -0.15) is 0 Å². The molecule has 0 aliphatic rings. The molecule has 1 aromatic rings. The normalized spacial score (nSPS) is 11.3. The highest BCUT2D eigenvalue weighted by atomic mass is 32.1. The molecule has 106 valence electrons. The SMILES string of the molecule is CCC(C)(C)c1ccc(OCCCCC(N)=S)cc1. The van der Waals surface area contributed by atoms with Gasteiger partial charge in [-0.1, -0.05) is 45.1 Å². The van der Waals surface area contributed by atoms with Gasteiger partial charge >= 0.3 is 0 Å². The minimum atomic E-state index is 0.231. The first kappa shape index (κ1) is 16.0. The predicted octanol–water partition coefficient (Wildman–Crippen LogP) is 4.21. The lowest BCUT2D eigenvalue weighted by Crippen LogP contribution is -2.15. The van der Waals surface area contributed by atoms with Gasteiger partial charge in [0, 0.05) is 0 Å². The number of thiocarbonyl (C=S) groups is 1. The summed E-state index contributed by atoms with van der Waals surface area (Å²) < 4.78 is 5.71. The largest absolute Gasteiger partial charge is 0.494 e. The third kappa shape index (κ3) is 5.60. The molecule has 3 heteroatoms. The van der Waals surface area contributed by atoms with Crippen LogP contribution in [-0.4, -0.2) is 11.6 Å². The van der Waals surface area contributed by atoms with Crippen molar-refractivity contribution >= 4 is 17.2 Å². The second-order valence-electron chi connectivity index (χ2n) is 5.53. The lowest BCUT2D eigenvalue weighted by molar-refractivity contribution is 0.307. The van der Waals surface area contributed by atoms with Crippen molar-refractivity contribution in [3.8, 4) is 5.75 Å². The van der Waals surface area contributed by atoms with Crippen molar-refractivity contribution in [3.63, 3.8) is 0 Å². The van der Waals surface area contributed by atoms with Gasteiger partial charge in [0.15, 0.2) is 0 Å². The summed E-state index contributed by atoms with van der Waals surface area (Å²) in [6, 6.07) is 8.43. The van der Waals surface area contributed by atoms with Gasteiger partial charge in [0.2, 0.25) is 0 Å². The van der Waals surface area contributed by atoms with Crippen LogP contribution in [0.25, 0.3) is 0 Å². The fourth-order valence-corrected chi connectivity index (χ4v) is 1.94. The van der Waals surface area contributed by atoms with Crippen LogP contribution in [0.4, 0.5) is 0 Å². The van der Waals surface area contributed by atoms with Crippen LogP contribution in [0.15, 0.2) is 24.3 Å². The minimum Gasteiger partial charge on any atom is -0.494 e. The Labute approximate surface area is 122 Å². The van der Waals surface area contributed by atoms with Gasteiger partial charge in [0.25, 0.3) is 0 Å². The Morgan fingerprint density at radius 1 is 1.21 bits per heavy atom. The first-order chi connectivity index (χ1) is 8.95. The molecule has 0 fully saturated rings. The van der Waals surface area contributed by atoms with Crippen LogP contribution in [0.3, 0.4) is 0 Å². The Morgan fingerprint density at radius 2 is 1.84 bits per heavy atom. The van der Waals surface area contributed by atoms with E-state index >= 15 is 0 Å². The summed E-state index contributed by atoms with van der Waals surface area (Å²) in [5.41, 5.74) is 7.04. The van der Waals surface area contributed by atoms with E-state index in [1.807, 2.05) is 0 Å². The summed E-state index contributed by atoms with van der Waals surface area (Å²) in [5, 5.41) is 0. The molecule has 0 atom stereocenters. The topological polar surface area (TPSA) is 35.2 Å². The number of unbranched alkanes of at least 4 members (excludes halogenated alkanes) is 1. The molecule has 1 rings (SSSR count). The standard InChI is InChI=1S/C16H25NOS/c1-4-16(2,3)13-8-10-14(11-9-13)18-12-6-5-7-15(17)19/h8-11H,4-7,12H2,1-3H3,(H2,17,19). The van der Waals surface area contributed by atoms with Crippen LogP contribution in [0.1, 0.15) is 52.0 Å². The van der Waals surface area contributed by atoms with Gasteiger partial charge in [0.1, 0.15) is 5.75 Å². The predicted molar refractivity (Wildman–Crippen MR) is 85.9 cm³/mol. The molecule has 0 bridgehead atoms. The molecule has 2 N–H and O–H groups in total. The van der Waals surface area contributed by atoms with Gasteiger partial charge in [-0.05, 0) is 48.8 Å². The van der Waals surface area contributed by atoms with Crippen molar-refractivity contribution in [1.82, 2.24) is 0 Å². The number of hydrogen-bond acceptors (Lipinski definition) is 2. The second-order valence-corrected chi connectivity index (χ2v) is 6.06. The van der Waals surface area contributed by atoms with Crippen molar-refractivity contribution in [3.05, 3.63) is 29.8 Å². The zero-order valence-electron chi connectivity index (χ0n) is 12.2. The van der Waals surface area contributed by atoms with E-state index in [4.69, 9.17) is 22.7 Å². The zero-order valence-corrected chi connectivity index (χ0v) is 13.1. The summed E-state index contributed by atoms with van der Waals surface area (Å²) in [6.07, 6.45) is 3.92. The van der Waals surface area contributed by atoms with Crippen LogP contribution in [0, 0.1) is 0 Å². The van der Waals surface area contributed by atoms with E-state index in [0.717, 1.165) is 38.0 Å². The van der Waals surface area contributed by atoms with Crippen LogP contribution >= 0.6 is 12.2 Å². The lowest BCUT2D eigenvalue weighted by Gasteiger charge is -2.23. The van der Waals surface area contributed by atoms with Crippen molar-refractivity contribution in [1.29, 1.82) is 0 Å². The van der Waals surface area contributed by atoms with E-state index in [1.54, 1.807) is 0 Å². The fraction of sp³-hybridized carbons (Fsp3) is 0.562. The van der Waals surface area contributed by atoms with Gasteiger partial charge < -0.3 is 10.5 Å². The Hall–Kier alpha value is -1.09. The maximum atomic E-state index is 5.71. The first-order valence-corrected chi connectivity index (χ1v) is 7.38. The molecule has 0 aliphatic heterocycles. The molecular formula is C16H25NOS. The Balaban J connectivity index is 2.38. The smallest absolute Gasteiger partial charge is 0.119 e. The van der Waals surface area contributed by atoms with Gasteiger partial charge in [-0.25, -0.2) is 0 Å². The summed E-state index contributed by atoms with van der Waals surface area (Å²) in [6.45, 7) is 7.46. The monoisotopic (exact) mass is 279 g/mol. The van der Waals surface area contributed by atoms with Crippen molar-refractivity contribution in [2.75, 3.05) is 6.61 Å². The van der Waals surface area contributed by atoms with E-state index < -0.39 is 0 Å². The van der Waals surface area contributed by atoms with Crippen LogP contribution in [0.2, 0.25) is 0 Å². The van der Waals surface area contributed by atoms with Crippen molar-refractivity contribution in [2.24, 2.45) is 5.73 Å². The number of benzene rings is 1. The molecule has 19 heavy (non-hydrogen) atoms. The molecule has 0 radical (unpaired) electrons. The van der Waals surface area contributed by atoms with E-state index in [-0.39, 0.29) is 5.41 Å². The van der Waals surface area contributed by atoms with Crippen LogP contribution in [0.5, 0.6) is 5.75 Å². The van der Waals surface area contributed by atoms with Crippen LogP contribution < -0.4 is 10.5 Å². The summed E-state index contributed by atoms with van der Waals surface area (Å²) in [5.74, 6) is 0.936. The highest BCUT2D eigenvalue weighted by molar-refractivity contribution is 7.80. The maximum absolute atomic E-state index is 5.71. The first-order valence-electron chi connectivity index (χ1n) is 6.97. The van der Waals surface area contributed by atoms with E-state index in [1.165, 1.54) is 5.56 Å². The molecule has 0 heterocycles. The highest BCUT2D eigenvalue weighted by Gasteiger charge is 2.17. The third-order valence-electron chi connectivity index (χ3n) is 3.61. The van der Waals surface area contributed by atoms with Crippen molar-refractivity contribution < 1.29 is 4.74 Å². The second kappa shape index (κ2) is 7.49. The minimum absolute atomic E-state index is 0.231. The molecule has 1 aromatic carbocycles. The summed E-state index contributed by atoms with van der Waals surface area (Å²) >= 11 is 4.84. The Kier molecular flexibility index (Phi) is 6.29. The average Bonchev–Trinajstić information content (AvgIpc) is 2.38. The van der Waals surface area contributed by atoms with E-state index in [0.29, 0.717) is 4.99 Å². The molecule has 0 unspecified atom stereocenters. The molecule has 2 nitrogen and oxygen atoms in total. The van der Waals surface area contributed by atoms with E-state index in [2.05, 4.69) is 45.0 Å². The average molecular weight is 279 g/mol. The van der Waals surface area contributed by atoms with Gasteiger partial charge in [0.05, 0.1) is 11.6 Å². The van der Waals surface area contributed by atoms with Gasteiger partial charge in [-0.15, -0.1) is 0 Å². The molecule has 0 amide bonds. The quantitative estimate of drug-likeness (QED) is 0.572. The molecule has 0 aromatic heterocycles. The molecule has 0 spiro atoms.